The summed E-state index contributed by atoms with van der Waals surface area (Å²) in [5, 5.41) is 2.71. The van der Waals surface area contributed by atoms with E-state index in [0.717, 1.165) is 37.6 Å². The van der Waals surface area contributed by atoms with Crippen LogP contribution in [0.1, 0.15) is 23.2 Å². The summed E-state index contributed by atoms with van der Waals surface area (Å²) in [6, 6.07) is 3.14. The number of likely N-dealkylation sites (tertiary alicyclic amines) is 1. The van der Waals surface area contributed by atoms with E-state index in [-0.39, 0.29) is 5.56 Å². The van der Waals surface area contributed by atoms with Crippen molar-refractivity contribution in [2.75, 3.05) is 20.1 Å². The minimum atomic E-state index is -0.738. The lowest BCUT2D eigenvalue weighted by atomic mass is 10.2. The lowest BCUT2D eigenvalue weighted by Gasteiger charge is -2.19. The number of hydrogen-bond donors (Lipinski definition) is 1. The molecule has 2 rings (SSSR count). The number of nitrogens with one attached hydrogen (secondary N) is 1. The van der Waals surface area contributed by atoms with E-state index in [4.69, 9.17) is 0 Å². The van der Waals surface area contributed by atoms with Crippen LogP contribution in [-0.2, 0) is 0 Å². The number of benzene rings is 1. The normalized spacial score (nSPS) is 20.1. The third-order valence-electron chi connectivity index (χ3n) is 3.29. The van der Waals surface area contributed by atoms with Gasteiger partial charge >= 0.3 is 0 Å². The quantitative estimate of drug-likeness (QED) is 0.892. The molecule has 1 heterocycles. The topological polar surface area (TPSA) is 32.3 Å². The van der Waals surface area contributed by atoms with Gasteiger partial charge in [0, 0.05) is 24.2 Å². The average Bonchev–Trinajstić information content (AvgIpc) is 2.70. The second-order valence-corrected chi connectivity index (χ2v) is 4.64. The number of hydrogen-bond acceptors (Lipinski definition) is 2. The molecule has 1 amide bonds. The molecule has 0 spiro atoms. The first-order chi connectivity index (χ1) is 8.56. The fourth-order valence-electron chi connectivity index (χ4n) is 2.23. The van der Waals surface area contributed by atoms with Crippen molar-refractivity contribution in [1.29, 1.82) is 0 Å². The van der Waals surface area contributed by atoms with E-state index in [1.54, 1.807) is 0 Å². The SMILES string of the molecule is CN1CCCC1CNC(=O)c1cc(F)cc(F)c1. The monoisotopic (exact) mass is 254 g/mol. The zero-order chi connectivity index (χ0) is 13.1. The van der Waals surface area contributed by atoms with Crippen molar-refractivity contribution in [3.63, 3.8) is 0 Å². The summed E-state index contributed by atoms with van der Waals surface area (Å²) in [6.07, 6.45) is 2.15. The Morgan fingerprint density at radius 2 is 2.06 bits per heavy atom. The van der Waals surface area contributed by atoms with E-state index in [2.05, 4.69) is 10.2 Å². The van der Waals surface area contributed by atoms with E-state index < -0.39 is 17.5 Å². The molecule has 0 aliphatic carbocycles. The zero-order valence-corrected chi connectivity index (χ0v) is 10.2. The molecule has 1 aromatic carbocycles. The van der Waals surface area contributed by atoms with Crippen molar-refractivity contribution in [2.45, 2.75) is 18.9 Å². The van der Waals surface area contributed by atoms with E-state index in [0.29, 0.717) is 12.6 Å². The maximum atomic E-state index is 13.0. The second kappa shape index (κ2) is 5.44. The first kappa shape index (κ1) is 13.0. The molecule has 3 nitrogen and oxygen atoms in total. The van der Waals surface area contributed by atoms with Crippen LogP contribution < -0.4 is 5.32 Å². The molecule has 1 aromatic rings. The van der Waals surface area contributed by atoms with Gasteiger partial charge in [-0.2, -0.15) is 0 Å². The minimum Gasteiger partial charge on any atom is -0.350 e. The molecule has 0 saturated carbocycles. The number of likely N-dealkylation sites (N-methyl/N-ethyl adjacent to an activating group) is 1. The largest absolute Gasteiger partial charge is 0.350 e. The summed E-state index contributed by atoms with van der Waals surface area (Å²) in [5.41, 5.74) is 0.0214. The van der Waals surface area contributed by atoms with Gasteiger partial charge in [-0.3, -0.25) is 4.79 Å². The lowest BCUT2D eigenvalue weighted by molar-refractivity contribution is 0.0942. The number of nitrogens with zero attached hydrogens (tertiary/aromatic N) is 1. The summed E-state index contributed by atoms with van der Waals surface area (Å²) in [7, 11) is 2.01. The van der Waals surface area contributed by atoms with Gasteiger partial charge in [-0.25, -0.2) is 8.78 Å². The van der Waals surface area contributed by atoms with Crippen molar-refractivity contribution >= 4 is 5.91 Å². The highest BCUT2D eigenvalue weighted by Crippen LogP contribution is 2.14. The Balaban J connectivity index is 1.95. The Morgan fingerprint density at radius 1 is 1.39 bits per heavy atom. The summed E-state index contributed by atoms with van der Waals surface area (Å²) in [6.45, 7) is 1.53. The molecule has 1 unspecified atom stereocenters. The first-order valence-electron chi connectivity index (χ1n) is 6.01. The minimum absolute atomic E-state index is 0.0214. The number of rotatable bonds is 3. The van der Waals surface area contributed by atoms with Crippen LogP contribution in [0.25, 0.3) is 0 Å². The molecule has 18 heavy (non-hydrogen) atoms. The van der Waals surface area contributed by atoms with Gasteiger partial charge in [0.25, 0.3) is 5.91 Å². The van der Waals surface area contributed by atoms with Gasteiger partial charge in [-0.05, 0) is 38.6 Å². The van der Waals surface area contributed by atoms with Gasteiger partial charge in [0.15, 0.2) is 0 Å². The Hall–Kier alpha value is -1.49. The van der Waals surface area contributed by atoms with Crippen LogP contribution in [0.15, 0.2) is 18.2 Å². The highest BCUT2D eigenvalue weighted by atomic mass is 19.1. The average molecular weight is 254 g/mol. The molecule has 1 N–H and O–H groups in total. The van der Waals surface area contributed by atoms with Crippen LogP contribution >= 0.6 is 0 Å². The first-order valence-corrected chi connectivity index (χ1v) is 6.01. The third-order valence-corrected chi connectivity index (χ3v) is 3.29. The van der Waals surface area contributed by atoms with Crippen LogP contribution in [0.5, 0.6) is 0 Å². The highest BCUT2D eigenvalue weighted by Gasteiger charge is 2.21. The van der Waals surface area contributed by atoms with E-state index in [9.17, 15) is 13.6 Å². The molecular formula is C13H16F2N2O. The van der Waals surface area contributed by atoms with Crippen LogP contribution in [0, 0.1) is 11.6 Å². The van der Waals surface area contributed by atoms with Crippen molar-refractivity contribution < 1.29 is 13.6 Å². The zero-order valence-electron chi connectivity index (χ0n) is 10.2. The summed E-state index contributed by atoms with van der Waals surface area (Å²) >= 11 is 0. The fraction of sp³-hybridized carbons (Fsp3) is 0.462. The van der Waals surface area contributed by atoms with Crippen molar-refractivity contribution in [2.24, 2.45) is 0 Å². The van der Waals surface area contributed by atoms with Crippen LogP contribution in [0.3, 0.4) is 0 Å². The predicted molar refractivity (Wildman–Crippen MR) is 64.3 cm³/mol. The molecule has 98 valence electrons. The van der Waals surface area contributed by atoms with Gasteiger partial charge < -0.3 is 10.2 Å². The Labute approximate surface area is 105 Å². The lowest BCUT2D eigenvalue weighted by Crippen LogP contribution is -2.38. The maximum Gasteiger partial charge on any atom is 0.251 e. The maximum absolute atomic E-state index is 13.0. The fourth-order valence-corrected chi connectivity index (χ4v) is 2.23. The molecule has 1 fully saturated rings. The molecule has 0 bridgehead atoms. The summed E-state index contributed by atoms with van der Waals surface area (Å²) in [4.78, 5) is 13.9. The van der Waals surface area contributed by atoms with E-state index in [1.807, 2.05) is 7.05 Å². The third kappa shape index (κ3) is 3.04. The van der Waals surface area contributed by atoms with Gasteiger partial charge in [0.1, 0.15) is 11.6 Å². The van der Waals surface area contributed by atoms with Crippen LogP contribution in [0.2, 0.25) is 0 Å². The van der Waals surface area contributed by atoms with Crippen molar-refractivity contribution in [3.8, 4) is 0 Å². The van der Waals surface area contributed by atoms with E-state index >= 15 is 0 Å². The standard InChI is InChI=1S/C13H16F2N2O/c1-17-4-2-3-12(17)8-16-13(18)9-5-10(14)7-11(15)6-9/h5-7,12H,2-4,8H2,1H3,(H,16,18). The molecule has 0 aromatic heterocycles. The van der Waals surface area contributed by atoms with E-state index in [1.165, 1.54) is 0 Å². The Bertz CT molecular complexity index is 430. The van der Waals surface area contributed by atoms with Gasteiger partial charge in [-0.15, -0.1) is 0 Å². The number of carbonyl (C=O) groups excluding carboxylic acids is 1. The van der Waals surface area contributed by atoms with Crippen LogP contribution in [0.4, 0.5) is 8.78 Å². The van der Waals surface area contributed by atoms with Gasteiger partial charge in [0.2, 0.25) is 0 Å². The predicted octanol–water partition coefficient (Wildman–Crippen LogP) is 1.79. The second-order valence-electron chi connectivity index (χ2n) is 4.64. The molecule has 5 heteroatoms. The number of halogens is 2. The van der Waals surface area contributed by atoms with Gasteiger partial charge in [0.05, 0.1) is 0 Å². The van der Waals surface area contributed by atoms with Gasteiger partial charge in [-0.1, -0.05) is 0 Å². The summed E-state index contributed by atoms with van der Waals surface area (Å²) in [5.74, 6) is -1.91. The van der Waals surface area contributed by atoms with Crippen LogP contribution in [-0.4, -0.2) is 37.0 Å². The van der Waals surface area contributed by atoms with Crippen molar-refractivity contribution in [1.82, 2.24) is 10.2 Å². The molecular weight excluding hydrogens is 238 g/mol. The molecule has 1 saturated heterocycles. The number of amides is 1. The molecule has 1 aliphatic rings. The van der Waals surface area contributed by atoms with Crippen molar-refractivity contribution in [3.05, 3.63) is 35.4 Å². The summed E-state index contributed by atoms with van der Waals surface area (Å²) < 4.78 is 25.9. The Morgan fingerprint density at radius 3 is 2.61 bits per heavy atom. The number of carbonyl (C=O) groups is 1. The molecule has 1 atom stereocenters. The smallest absolute Gasteiger partial charge is 0.251 e. The Kier molecular flexibility index (Phi) is 3.91. The molecule has 1 aliphatic heterocycles. The highest BCUT2D eigenvalue weighted by molar-refractivity contribution is 5.94. The molecule has 0 radical (unpaired) electrons.